The molecule has 2 heterocycles. The Morgan fingerprint density at radius 3 is 2.06 bits per heavy atom. The molecule has 0 atom stereocenters. The zero-order chi connectivity index (χ0) is 23.4. The van der Waals surface area contributed by atoms with Crippen molar-refractivity contribution in [1.29, 1.82) is 0 Å². The number of hydrogen-bond donors (Lipinski definition) is 1. The van der Waals surface area contributed by atoms with Gasteiger partial charge in [-0.25, -0.2) is 8.42 Å². The highest BCUT2D eigenvalue weighted by Gasteiger charge is 2.16. The molecule has 1 N–H and O–H groups in total. The zero-order valence-corrected chi connectivity index (χ0v) is 19.3. The molecule has 3 aromatic carbocycles. The van der Waals surface area contributed by atoms with Gasteiger partial charge in [0.25, 0.3) is 10.0 Å². The summed E-state index contributed by atoms with van der Waals surface area (Å²) in [4.78, 5) is 2.38. The van der Waals surface area contributed by atoms with E-state index in [1.54, 1.807) is 24.3 Å². The fourth-order valence-electron chi connectivity index (χ4n) is 3.83. The molecular weight excluding hydrogens is 448 g/mol. The molecule has 0 aliphatic carbocycles. The third-order valence-corrected chi connectivity index (χ3v) is 7.02. The van der Waals surface area contributed by atoms with Crippen LogP contribution in [0.2, 0.25) is 0 Å². The first-order valence-electron chi connectivity index (χ1n) is 11.1. The lowest BCUT2D eigenvalue weighted by atomic mass is 10.1. The maximum absolute atomic E-state index is 12.8. The van der Waals surface area contributed by atoms with E-state index in [4.69, 9.17) is 4.74 Å². The van der Waals surface area contributed by atoms with Gasteiger partial charge in [-0.15, -0.1) is 10.2 Å². The number of sulfonamides is 1. The molecule has 172 valence electrons. The normalized spacial score (nSPS) is 13.6. The summed E-state index contributed by atoms with van der Waals surface area (Å²) in [6.45, 7) is 2.04. The van der Waals surface area contributed by atoms with Crippen LogP contribution in [0, 0.1) is 0 Å². The summed E-state index contributed by atoms with van der Waals surface area (Å²) in [6, 6.07) is 26.6. The van der Waals surface area contributed by atoms with E-state index >= 15 is 0 Å². The van der Waals surface area contributed by atoms with Crippen molar-refractivity contribution in [1.82, 2.24) is 10.2 Å². The van der Waals surface area contributed by atoms with Gasteiger partial charge in [0.2, 0.25) is 0 Å². The largest absolute Gasteiger partial charge is 0.457 e. The van der Waals surface area contributed by atoms with Crippen LogP contribution in [0.1, 0.15) is 12.8 Å². The van der Waals surface area contributed by atoms with Crippen molar-refractivity contribution < 1.29 is 13.2 Å². The predicted molar refractivity (Wildman–Crippen MR) is 133 cm³/mol. The molecule has 0 amide bonds. The topological polar surface area (TPSA) is 84.4 Å². The molecule has 0 bridgehead atoms. The van der Waals surface area contributed by atoms with Gasteiger partial charge in [-0.2, -0.15) is 0 Å². The van der Waals surface area contributed by atoms with E-state index in [0.717, 1.165) is 30.2 Å². The summed E-state index contributed by atoms with van der Waals surface area (Å²) < 4.78 is 34.0. The van der Waals surface area contributed by atoms with Gasteiger partial charge in [-0.1, -0.05) is 30.3 Å². The Bertz CT molecular complexity index is 1340. The van der Waals surface area contributed by atoms with E-state index in [1.807, 2.05) is 54.6 Å². The summed E-state index contributed by atoms with van der Waals surface area (Å²) >= 11 is 0. The molecule has 0 unspecified atom stereocenters. The molecule has 1 saturated heterocycles. The summed E-state index contributed by atoms with van der Waals surface area (Å²) in [5.41, 5.74) is 2.08. The maximum Gasteiger partial charge on any atom is 0.261 e. The highest BCUT2D eigenvalue weighted by molar-refractivity contribution is 7.92. The molecule has 34 heavy (non-hydrogen) atoms. The highest BCUT2D eigenvalue weighted by Crippen LogP contribution is 2.25. The summed E-state index contributed by atoms with van der Waals surface area (Å²) in [7, 11) is -3.73. The van der Waals surface area contributed by atoms with Crippen LogP contribution in [0.4, 0.5) is 11.5 Å². The molecule has 1 aliphatic rings. The van der Waals surface area contributed by atoms with Crippen molar-refractivity contribution in [2.24, 2.45) is 0 Å². The summed E-state index contributed by atoms with van der Waals surface area (Å²) in [6.07, 6.45) is 2.37. The molecule has 0 radical (unpaired) electrons. The van der Waals surface area contributed by atoms with Crippen LogP contribution in [0.25, 0.3) is 11.3 Å². The van der Waals surface area contributed by atoms with Gasteiger partial charge in [-0.3, -0.25) is 4.72 Å². The minimum Gasteiger partial charge on any atom is -0.457 e. The van der Waals surface area contributed by atoms with Gasteiger partial charge in [0.05, 0.1) is 10.6 Å². The molecular formula is C26H24N4O3S. The fourth-order valence-corrected chi connectivity index (χ4v) is 4.89. The molecule has 7 nitrogen and oxygen atoms in total. The molecule has 0 spiro atoms. The Balaban J connectivity index is 1.25. The van der Waals surface area contributed by atoms with Crippen molar-refractivity contribution in [3.63, 3.8) is 0 Å². The van der Waals surface area contributed by atoms with Crippen LogP contribution in [0.15, 0.2) is 95.9 Å². The van der Waals surface area contributed by atoms with Crippen molar-refractivity contribution in [3.05, 3.63) is 91.0 Å². The van der Waals surface area contributed by atoms with Gasteiger partial charge >= 0.3 is 0 Å². The zero-order valence-electron chi connectivity index (χ0n) is 18.5. The lowest BCUT2D eigenvalue weighted by molar-refractivity contribution is 0.482. The Hall–Kier alpha value is -3.91. The second-order valence-corrected chi connectivity index (χ2v) is 9.72. The Labute approximate surface area is 199 Å². The fraction of sp³-hybridized carbons (Fsp3) is 0.154. The van der Waals surface area contributed by atoms with E-state index < -0.39 is 10.0 Å². The van der Waals surface area contributed by atoms with Crippen molar-refractivity contribution >= 4 is 21.5 Å². The smallest absolute Gasteiger partial charge is 0.261 e. The number of aromatic nitrogens is 2. The van der Waals surface area contributed by atoms with Gasteiger partial charge < -0.3 is 9.64 Å². The molecule has 1 aliphatic heterocycles. The van der Waals surface area contributed by atoms with Crippen molar-refractivity contribution in [2.75, 3.05) is 22.7 Å². The minimum atomic E-state index is -3.73. The highest BCUT2D eigenvalue weighted by atomic mass is 32.2. The van der Waals surface area contributed by atoms with E-state index in [0.29, 0.717) is 17.2 Å². The Kier molecular flexibility index (Phi) is 6.14. The first kappa shape index (κ1) is 21.9. The number of nitrogens with zero attached hydrogens (tertiary/aromatic N) is 3. The maximum atomic E-state index is 12.8. The SMILES string of the molecule is O=S(=O)(Nc1ccc(-c2ccc(N3CCCC3)nn2)cc1)c1ccc(Oc2ccccc2)cc1. The number of benzene rings is 3. The first-order chi connectivity index (χ1) is 16.6. The number of ether oxygens (including phenoxy) is 1. The average molecular weight is 473 g/mol. The van der Waals surface area contributed by atoms with E-state index in [9.17, 15) is 8.42 Å². The third kappa shape index (κ3) is 5.02. The standard InChI is InChI=1S/C26H24N4O3S/c31-34(32,24-14-12-23(13-15-24)33-22-6-2-1-3-7-22)29-21-10-8-20(9-11-21)25-16-17-26(28-27-25)30-18-4-5-19-30/h1-3,6-17,29H,4-5,18-19H2. The third-order valence-electron chi connectivity index (χ3n) is 5.63. The summed E-state index contributed by atoms with van der Waals surface area (Å²) in [5.74, 6) is 2.14. The summed E-state index contributed by atoms with van der Waals surface area (Å²) in [5, 5.41) is 8.69. The molecule has 5 rings (SSSR count). The minimum absolute atomic E-state index is 0.153. The van der Waals surface area contributed by atoms with Gasteiger partial charge in [0.15, 0.2) is 5.82 Å². The van der Waals surface area contributed by atoms with Crippen molar-refractivity contribution in [3.8, 4) is 22.8 Å². The van der Waals surface area contributed by atoms with Crippen LogP contribution in [0.3, 0.4) is 0 Å². The van der Waals surface area contributed by atoms with Gasteiger partial charge in [-0.05, 0) is 73.5 Å². The van der Waals surface area contributed by atoms with E-state index in [2.05, 4.69) is 19.8 Å². The van der Waals surface area contributed by atoms with Gasteiger partial charge in [0, 0.05) is 24.3 Å². The monoisotopic (exact) mass is 472 g/mol. The lowest BCUT2D eigenvalue weighted by Gasteiger charge is -2.15. The van der Waals surface area contributed by atoms with Crippen LogP contribution in [0.5, 0.6) is 11.5 Å². The number of rotatable bonds is 7. The van der Waals surface area contributed by atoms with Crippen molar-refractivity contribution in [2.45, 2.75) is 17.7 Å². The molecule has 0 saturated carbocycles. The average Bonchev–Trinajstić information content (AvgIpc) is 3.41. The predicted octanol–water partition coefficient (Wildman–Crippen LogP) is 5.34. The van der Waals surface area contributed by atoms with E-state index in [1.165, 1.54) is 25.0 Å². The van der Waals surface area contributed by atoms with Crippen LogP contribution in [-0.2, 0) is 10.0 Å². The van der Waals surface area contributed by atoms with Crippen LogP contribution < -0.4 is 14.4 Å². The van der Waals surface area contributed by atoms with Gasteiger partial charge in [0.1, 0.15) is 11.5 Å². The number of para-hydroxylation sites is 1. The Morgan fingerprint density at radius 1 is 0.735 bits per heavy atom. The number of hydrogen-bond acceptors (Lipinski definition) is 6. The lowest BCUT2D eigenvalue weighted by Crippen LogP contribution is -2.19. The quantitative estimate of drug-likeness (QED) is 0.391. The number of nitrogens with one attached hydrogen (secondary N) is 1. The Morgan fingerprint density at radius 2 is 1.41 bits per heavy atom. The molecule has 8 heteroatoms. The van der Waals surface area contributed by atoms with E-state index in [-0.39, 0.29) is 4.90 Å². The second kappa shape index (κ2) is 9.52. The van der Waals surface area contributed by atoms with Crippen LogP contribution in [-0.4, -0.2) is 31.7 Å². The molecule has 1 fully saturated rings. The molecule has 1 aromatic heterocycles. The van der Waals surface area contributed by atoms with Crippen LogP contribution >= 0.6 is 0 Å². The number of anilines is 2. The molecule has 4 aromatic rings. The second-order valence-electron chi connectivity index (χ2n) is 8.04. The first-order valence-corrected chi connectivity index (χ1v) is 12.6.